The number of methoxy groups -OCH3 is 1. The maximum absolute atomic E-state index is 11.1. The highest BCUT2D eigenvalue weighted by Gasteiger charge is 2.24. The van der Waals surface area contributed by atoms with Gasteiger partial charge in [0, 0.05) is 12.4 Å². The fourth-order valence-corrected chi connectivity index (χ4v) is 1.33. The van der Waals surface area contributed by atoms with Gasteiger partial charge in [-0.05, 0) is 30.4 Å². The molecule has 1 aliphatic carbocycles. The Morgan fingerprint density at radius 3 is 2.92 bits per heavy atom. The van der Waals surface area contributed by atoms with Gasteiger partial charge in [0.15, 0.2) is 0 Å². The van der Waals surface area contributed by atoms with E-state index in [0.29, 0.717) is 11.5 Å². The van der Waals surface area contributed by atoms with Crippen LogP contribution in [0, 0.1) is 0 Å². The second-order valence-electron chi connectivity index (χ2n) is 3.27. The van der Waals surface area contributed by atoms with Crippen LogP contribution in [0.3, 0.4) is 0 Å². The summed E-state index contributed by atoms with van der Waals surface area (Å²) in [5.74, 6) is 0.312. The molecule has 0 atom stereocenters. The molecule has 3 heteroatoms. The third-order valence-electron chi connectivity index (χ3n) is 2.23. The number of hydrogen-bond acceptors (Lipinski definition) is 3. The predicted octanol–water partition coefficient (Wildman–Crippen LogP) is 1.75. The van der Waals surface area contributed by atoms with Crippen LogP contribution in [0.5, 0.6) is 0 Å². The Morgan fingerprint density at radius 1 is 1.54 bits per heavy atom. The molecule has 2 rings (SSSR count). The molecule has 3 nitrogen and oxygen atoms in total. The first-order valence-corrected chi connectivity index (χ1v) is 4.34. The molecular weight excluding hydrogens is 166 g/mol. The van der Waals surface area contributed by atoms with Gasteiger partial charge < -0.3 is 4.74 Å². The van der Waals surface area contributed by atoms with Crippen molar-refractivity contribution in [3.63, 3.8) is 0 Å². The quantitative estimate of drug-likeness (QED) is 0.646. The van der Waals surface area contributed by atoms with Crippen LogP contribution in [0.15, 0.2) is 18.5 Å². The van der Waals surface area contributed by atoms with Crippen molar-refractivity contribution in [1.29, 1.82) is 0 Å². The molecule has 0 N–H and O–H groups in total. The number of nitrogens with zero attached hydrogens (tertiary/aromatic N) is 1. The second-order valence-corrected chi connectivity index (χ2v) is 3.27. The van der Waals surface area contributed by atoms with Crippen LogP contribution in [-0.2, 0) is 4.74 Å². The summed E-state index contributed by atoms with van der Waals surface area (Å²) in [6.07, 6.45) is 5.79. The highest BCUT2D eigenvalue weighted by Crippen LogP contribution is 2.39. The molecule has 1 aliphatic rings. The van der Waals surface area contributed by atoms with Gasteiger partial charge in [-0.15, -0.1) is 0 Å². The van der Waals surface area contributed by atoms with E-state index in [4.69, 9.17) is 0 Å². The van der Waals surface area contributed by atoms with E-state index in [2.05, 4.69) is 9.72 Å². The van der Waals surface area contributed by atoms with Crippen molar-refractivity contribution in [3.05, 3.63) is 29.6 Å². The summed E-state index contributed by atoms with van der Waals surface area (Å²) < 4.78 is 4.61. The molecule has 0 unspecified atom stereocenters. The number of esters is 1. The standard InChI is InChI=1S/C10H11NO2/c1-13-10(12)9-4-8(5-11-6-9)7-2-3-7/h4-7H,2-3H2,1H3. The molecule has 0 amide bonds. The van der Waals surface area contributed by atoms with E-state index in [-0.39, 0.29) is 5.97 Å². The average molecular weight is 177 g/mol. The Bertz CT molecular complexity index is 331. The number of carbonyl (C=O) groups excluding carboxylic acids is 1. The van der Waals surface area contributed by atoms with Gasteiger partial charge in [0.25, 0.3) is 0 Å². The number of aromatic nitrogens is 1. The van der Waals surface area contributed by atoms with Crippen molar-refractivity contribution < 1.29 is 9.53 Å². The van der Waals surface area contributed by atoms with Gasteiger partial charge in [-0.25, -0.2) is 4.79 Å². The molecular formula is C10H11NO2. The van der Waals surface area contributed by atoms with Gasteiger partial charge in [-0.1, -0.05) is 0 Å². The van der Waals surface area contributed by atoms with Crippen molar-refractivity contribution in [2.45, 2.75) is 18.8 Å². The molecule has 13 heavy (non-hydrogen) atoms. The van der Waals surface area contributed by atoms with Crippen LogP contribution in [0.2, 0.25) is 0 Å². The summed E-state index contributed by atoms with van der Waals surface area (Å²) in [6, 6.07) is 1.87. The van der Waals surface area contributed by atoms with Crippen molar-refractivity contribution in [2.75, 3.05) is 7.11 Å². The number of carbonyl (C=O) groups is 1. The molecule has 0 saturated heterocycles. The number of ether oxygens (including phenoxy) is 1. The average Bonchev–Trinajstić information content (AvgIpc) is 3.00. The van der Waals surface area contributed by atoms with Crippen LogP contribution >= 0.6 is 0 Å². The zero-order valence-electron chi connectivity index (χ0n) is 7.49. The van der Waals surface area contributed by atoms with Crippen molar-refractivity contribution in [2.24, 2.45) is 0 Å². The third-order valence-corrected chi connectivity index (χ3v) is 2.23. The zero-order chi connectivity index (χ0) is 9.26. The second kappa shape index (κ2) is 3.17. The third kappa shape index (κ3) is 1.69. The predicted molar refractivity (Wildman–Crippen MR) is 47.6 cm³/mol. The molecule has 1 aromatic heterocycles. The van der Waals surface area contributed by atoms with Crippen molar-refractivity contribution in [1.82, 2.24) is 4.98 Å². The molecule has 68 valence electrons. The maximum atomic E-state index is 11.1. The molecule has 1 fully saturated rings. The number of pyridine rings is 1. The molecule has 0 radical (unpaired) electrons. The Kier molecular flexibility index (Phi) is 2.00. The first-order valence-electron chi connectivity index (χ1n) is 4.34. The Hall–Kier alpha value is -1.38. The number of rotatable bonds is 2. The van der Waals surface area contributed by atoms with Crippen LogP contribution in [0.4, 0.5) is 0 Å². The Morgan fingerprint density at radius 2 is 2.31 bits per heavy atom. The lowest BCUT2D eigenvalue weighted by molar-refractivity contribution is 0.0600. The monoisotopic (exact) mass is 177 g/mol. The molecule has 0 aromatic carbocycles. The van der Waals surface area contributed by atoms with Crippen molar-refractivity contribution in [3.8, 4) is 0 Å². The fraction of sp³-hybridized carbons (Fsp3) is 0.400. The topological polar surface area (TPSA) is 39.2 Å². The normalized spacial score (nSPS) is 15.5. The minimum Gasteiger partial charge on any atom is -0.465 e. The minimum absolute atomic E-state index is 0.310. The van der Waals surface area contributed by atoms with E-state index in [9.17, 15) is 4.79 Å². The largest absolute Gasteiger partial charge is 0.465 e. The molecule has 0 bridgehead atoms. The summed E-state index contributed by atoms with van der Waals surface area (Å²) in [4.78, 5) is 15.2. The first-order chi connectivity index (χ1) is 6.31. The fourth-order valence-electron chi connectivity index (χ4n) is 1.33. The Labute approximate surface area is 76.7 Å². The van der Waals surface area contributed by atoms with E-state index in [1.807, 2.05) is 12.3 Å². The summed E-state index contributed by atoms with van der Waals surface area (Å²) in [5.41, 5.74) is 1.70. The van der Waals surface area contributed by atoms with E-state index >= 15 is 0 Å². The minimum atomic E-state index is -0.310. The van der Waals surface area contributed by atoms with E-state index < -0.39 is 0 Å². The highest BCUT2D eigenvalue weighted by atomic mass is 16.5. The summed E-state index contributed by atoms with van der Waals surface area (Å²) in [5, 5.41) is 0. The number of hydrogen-bond donors (Lipinski definition) is 0. The Balaban J connectivity index is 2.26. The van der Waals surface area contributed by atoms with E-state index in [1.54, 1.807) is 0 Å². The lowest BCUT2D eigenvalue weighted by atomic mass is 10.1. The zero-order valence-corrected chi connectivity index (χ0v) is 7.49. The van der Waals surface area contributed by atoms with Crippen LogP contribution < -0.4 is 0 Å². The lowest BCUT2D eigenvalue weighted by Gasteiger charge is -2.00. The van der Waals surface area contributed by atoms with Crippen LogP contribution in [0.25, 0.3) is 0 Å². The van der Waals surface area contributed by atoms with Crippen LogP contribution in [-0.4, -0.2) is 18.1 Å². The summed E-state index contributed by atoms with van der Waals surface area (Å²) in [6.45, 7) is 0. The maximum Gasteiger partial charge on any atom is 0.339 e. The van der Waals surface area contributed by atoms with Gasteiger partial charge in [0.2, 0.25) is 0 Å². The summed E-state index contributed by atoms with van der Waals surface area (Å²) >= 11 is 0. The van der Waals surface area contributed by atoms with Gasteiger partial charge in [0.1, 0.15) is 0 Å². The lowest BCUT2D eigenvalue weighted by Crippen LogP contribution is -2.02. The highest BCUT2D eigenvalue weighted by molar-refractivity contribution is 5.89. The van der Waals surface area contributed by atoms with E-state index in [0.717, 1.165) is 5.56 Å². The van der Waals surface area contributed by atoms with Gasteiger partial charge in [-0.2, -0.15) is 0 Å². The molecule has 1 saturated carbocycles. The van der Waals surface area contributed by atoms with Gasteiger partial charge in [0.05, 0.1) is 12.7 Å². The van der Waals surface area contributed by atoms with E-state index in [1.165, 1.54) is 26.1 Å². The van der Waals surface area contributed by atoms with Crippen molar-refractivity contribution >= 4 is 5.97 Å². The SMILES string of the molecule is COC(=O)c1cncc(C2CC2)c1. The molecule has 1 aromatic rings. The molecule has 0 spiro atoms. The molecule has 1 heterocycles. The molecule has 0 aliphatic heterocycles. The first kappa shape index (κ1) is 8.23. The van der Waals surface area contributed by atoms with Gasteiger partial charge in [-0.3, -0.25) is 4.98 Å². The smallest absolute Gasteiger partial charge is 0.339 e. The summed E-state index contributed by atoms with van der Waals surface area (Å²) in [7, 11) is 1.38. The van der Waals surface area contributed by atoms with Crippen LogP contribution in [0.1, 0.15) is 34.7 Å². The van der Waals surface area contributed by atoms with Gasteiger partial charge >= 0.3 is 5.97 Å².